The zero-order chi connectivity index (χ0) is 8.27. The van der Waals surface area contributed by atoms with Crippen molar-refractivity contribution in [3.63, 3.8) is 0 Å². The second kappa shape index (κ2) is 3.72. The second-order valence-electron chi connectivity index (χ2n) is 3.17. The van der Waals surface area contributed by atoms with Gasteiger partial charge in [0.1, 0.15) is 0 Å². The van der Waals surface area contributed by atoms with Crippen LogP contribution in [0, 0.1) is 0 Å². The van der Waals surface area contributed by atoms with E-state index in [4.69, 9.17) is 4.74 Å². The highest BCUT2D eigenvalue weighted by Crippen LogP contribution is 2.05. The molecule has 1 heterocycles. The highest BCUT2D eigenvalue weighted by atomic mass is 16.5. The monoisotopic (exact) mass is 157 g/mol. The molecule has 1 aliphatic rings. The summed E-state index contributed by atoms with van der Waals surface area (Å²) in [5.41, 5.74) is 0. The van der Waals surface area contributed by atoms with Crippen molar-refractivity contribution in [1.29, 1.82) is 0 Å². The lowest BCUT2D eigenvalue weighted by molar-refractivity contribution is -0.149. The van der Waals surface area contributed by atoms with Crippen molar-refractivity contribution in [3.05, 3.63) is 0 Å². The fourth-order valence-electron chi connectivity index (χ4n) is 1.02. The van der Waals surface area contributed by atoms with Gasteiger partial charge in [-0.15, -0.1) is 0 Å². The molecule has 3 heteroatoms. The van der Waals surface area contributed by atoms with Crippen LogP contribution in [0.15, 0.2) is 0 Å². The molecule has 1 rings (SSSR count). The van der Waals surface area contributed by atoms with Crippen LogP contribution in [0.1, 0.15) is 20.3 Å². The maximum absolute atomic E-state index is 11.0. The van der Waals surface area contributed by atoms with Crippen molar-refractivity contribution in [2.45, 2.75) is 26.4 Å². The largest absolute Gasteiger partial charge is 0.462 e. The Morgan fingerprint density at radius 3 is 2.55 bits per heavy atom. The molecular formula is C8H15NO2. The molecule has 0 bridgehead atoms. The van der Waals surface area contributed by atoms with Crippen LogP contribution in [0.25, 0.3) is 0 Å². The molecule has 1 saturated heterocycles. The van der Waals surface area contributed by atoms with Gasteiger partial charge in [-0.1, -0.05) is 0 Å². The maximum Gasteiger partial charge on any atom is 0.320 e. The van der Waals surface area contributed by atoms with Gasteiger partial charge in [-0.3, -0.25) is 9.69 Å². The van der Waals surface area contributed by atoms with Gasteiger partial charge in [0.15, 0.2) is 0 Å². The third-order valence-corrected chi connectivity index (χ3v) is 1.67. The van der Waals surface area contributed by atoms with E-state index in [1.54, 1.807) is 0 Å². The van der Waals surface area contributed by atoms with Crippen molar-refractivity contribution in [2.75, 3.05) is 19.6 Å². The first-order chi connectivity index (χ1) is 5.18. The van der Waals surface area contributed by atoms with E-state index >= 15 is 0 Å². The Kier molecular flexibility index (Phi) is 2.88. The molecule has 0 radical (unpaired) electrons. The van der Waals surface area contributed by atoms with Gasteiger partial charge >= 0.3 is 5.97 Å². The molecule has 0 N–H and O–H groups in total. The SMILES string of the molecule is CC(C)OC(=O)CN1CCC1. The van der Waals surface area contributed by atoms with Gasteiger partial charge in [0.2, 0.25) is 0 Å². The van der Waals surface area contributed by atoms with Crippen LogP contribution in [0.4, 0.5) is 0 Å². The molecule has 11 heavy (non-hydrogen) atoms. The first kappa shape index (κ1) is 8.53. The van der Waals surface area contributed by atoms with Gasteiger partial charge in [0, 0.05) is 0 Å². The Labute approximate surface area is 67.3 Å². The van der Waals surface area contributed by atoms with E-state index in [0.29, 0.717) is 6.54 Å². The molecule has 0 aliphatic carbocycles. The Bertz CT molecular complexity index is 141. The summed E-state index contributed by atoms with van der Waals surface area (Å²) in [5.74, 6) is -0.0975. The first-order valence-corrected chi connectivity index (χ1v) is 4.10. The van der Waals surface area contributed by atoms with Crippen LogP contribution >= 0.6 is 0 Å². The van der Waals surface area contributed by atoms with Gasteiger partial charge in [-0.25, -0.2) is 0 Å². The van der Waals surface area contributed by atoms with Crippen LogP contribution in [-0.2, 0) is 9.53 Å². The second-order valence-corrected chi connectivity index (χ2v) is 3.17. The minimum Gasteiger partial charge on any atom is -0.462 e. The van der Waals surface area contributed by atoms with E-state index in [9.17, 15) is 4.79 Å². The molecule has 0 aromatic rings. The number of carbonyl (C=O) groups excluding carboxylic acids is 1. The minimum absolute atomic E-state index is 0.0174. The number of ether oxygens (including phenoxy) is 1. The molecule has 0 aromatic carbocycles. The van der Waals surface area contributed by atoms with Crippen LogP contribution in [0.3, 0.4) is 0 Å². The summed E-state index contributed by atoms with van der Waals surface area (Å²) >= 11 is 0. The summed E-state index contributed by atoms with van der Waals surface area (Å²) in [5, 5.41) is 0. The number of likely N-dealkylation sites (tertiary alicyclic amines) is 1. The smallest absolute Gasteiger partial charge is 0.320 e. The van der Waals surface area contributed by atoms with Gasteiger partial charge < -0.3 is 4.74 Å². The number of esters is 1. The van der Waals surface area contributed by atoms with E-state index in [2.05, 4.69) is 4.90 Å². The van der Waals surface area contributed by atoms with Crippen LogP contribution in [0.2, 0.25) is 0 Å². The number of rotatable bonds is 3. The standard InChI is InChI=1S/C8H15NO2/c1-7(2)11-8(10)6-9-4-3-5-9/h7H,3-6H2,1-2H3. The third kappa shape index (κ3) is 2.89. The Morgan fingerprint density at radius 1 is 1.55 bits per heavy atom. The van der Waals surface area contributed by atoms with E-state index in [1.807, 2.05) is 13.8 Å². The van der Waals surface area contributed by atoms with Gasteiger partial charge in [-0.2, -0.15) is 0 Å². The summed E-state index contributed by atoms with van der Waals surface area (Å²) in [4.78, 5) is 13.1. The zero-order valence-corrected chi connectivity index (χ0v) is 7.17. The lowest BCUT2D eigenvalue weighted by Crippen LogP contribution is -2.41. The zero-order valence-electron chi connectivity index (χ0n) is 7.17. The van der Waals surface area contributed by atoms with Gasteiger partial charge in [0.05, 0.1) is 12.6 Å². The molecule has 64 valence electrons. The molecular weight excluding hydrogens is 142 g/mol. The molecule has 1 fully saturated rings. The predicted molar refractivity (Wildman–Crippen MR) is 42.3 cm³/mol. The van der Waals surface area contributed by atoms with E-state index in [-0.39, 0.29) is 12.1 Å². The highest BCUT2D eigenvalue weighted by molar-refractivity contribution is 5.71. The summed E-state index contributed by atoms with van der Waals surface area (Å²) in [7, 11) is 0. The lowest BCUT2D eigenvalue weighted by atomic mass is 10.2. The van der Waals surface area contributed by atoms with Crippen molar-refractivity contribution in [2.24, 2.45) is 0 Å². The Balaban J connectivity index is 2.09. The van der Waals surface area contributed by atoms with E-state index < -0.39 is 0 Å². The lowest BCUT2D eigenvalue weighted by Gasteiger charge is -2.29. The summed E-state index contributed by atoms with van der Waals surface area (Å²) in [6.45, 7) is 6.31. The third-order valence-electron chi connectivity index (χ3n) is 1.67. The maximum atomic E-state index is 11.0. The number of hydrogen-bond donors (Lipinski definition) is 0. The average molecular weight is 157 g/mol. The molecule has 0 saturated carbocycles. The van der Waals surface area contributed by atoms with Gasteiger partial charge in [-0.05, 0) is 33.4 Å². The molecule has 0 atom stereocenters. The van der Waals surface area contributed by atoms with Gasteiger partial charge in [0.25, 0.3) is 0 Å². The van der Waals surface area contributed by atoms with Crippen molar-refractivity contribution >= 4 is 5.97 Å². The van der Waals surface area contributed by atoms with E-state index in [1.165, 1.54) is 6.42 Å². The summed E-state index contributed by atoms with van der Waals surface area (Å²) in [6, 6.07) is 0. The van der Waals surface area contributed by atoms with Crippen LogP contribution in [0.5, 0.6) is 0 Å². The predicted octanol–water partition coefficient (Wildman–Crippen LogP) is 0.644. The van der Waals surface area contributed by atoms with Crippen LogP contribution in [-0.4, -0.2) is 36.6 Å². The first-order valence-electron chi connectivity index (χ1n) is 4.10. The number of carbonyl (C=O) groups is 1. The molecule has 0 amide bonds. The fourth-order valence-corrected chi connectivity index (χ4v) is 1.02. The molecule has 1 aliphatic heterocycles. The topological polar surface area (TPSA) is 29.5 Å². The summed E-state index contributed by atoms with van der Waals surface area (Å²) in [6.07, 6.45) is 1.23. The highest BCUT2D eigenvalue weighted by Gasteiger charge is 2.17. The normalized spacial score (nSPS) is 18.1. The molecule has 3 nitrogen and oxygen atoms in total. The summed E-state index contributed by atoms with van der Waals surface area (Å²) < 4.78 is 4.98. The minimum atomic E-state index is -0.0975. The van der Waals surface area contributed by atoms with E-state index in [0.717, 1.165) is 13.1 Å². The Hall–Kier alpha value is -0.570. The quantitative estimate of drug-likeness (QED) is 0.563. The average Bonchev–Trinajstić information content (AvgIpc) is 1.77. The van der Waals surface area contributed by atoms with Crippen molar-refractivity contribution < 1.29 is 9.53 Å². The molecule has 0 aromatic heterocycles. The fraction of sp³-hybridized carbons (Fsp3) is 0.875. The number of nitrogens with zero attached hydrogens (tertiary/aromatic N) is 1. The molecule has 0 unspecified atom stereocenters. The van der Waals surface area contributed by atoms with Crippen LogP contribution < -0.4 is 0 Å². The molecule has 0 spiro atoms. The number of hydrogen-bond acceptors (Lipinski definition) is 3. The Morgan fingerprint density at radius 2 is 2.18 bits per heavy atom. The van der Waals surface area contributed by atoms with Crippen molar-refractivity contribution in [3.8, 4) is 0 Å². The van der Waals surface area contributed by atoms with Crippen molar-refractivity contribution in [1.82, 2.24) is 4.90 Å².